The standard InChI is InChI=1S/C10H13N3O2/c1-10(5-15-6-10)4-13-9(14)8-2-11-7-12-3-8/h2-3,7H,4-6H2,1H3,(H,13,14). The molecule has 1 saturated heterocycles. The van der Waals surface area contributed by atoms with E-state index in [4.69, 9.17) is 4.74 Å². The van der Waals surface area contributed by atoms with Gasteiger partial charge in [-0.25, -0.2) is 9.97 Å². The maximum atomic E-state index is 11.6. The molecule has 0 bridgehead atoms. The van der Waals surface area contributed by atoms with Crippen molar-refractivity contribution in [2.45, 2.75) is 6.92 Å². The van der Waals surface area contributed by atoms with Crippen LogP contribution in [0.3, 0.4) is 0 Å². The Morgan fingerprint density at radius 2 is 2.20 bits per heavy atom. The van der Waals surface area contributed by atoms with Crippen molar-refractivity contribution >= 4 is 5.91 Å². The van der Waals surface area contributed by atoms with Crippen molar-refractivity contribution in [3.8, 4) is 0 Å². The van der Waals surface area contributed by atoms with E-state index >= 15 is 0 Å². The van der Waals surface area contributed by atoms with Gasteiger partial charge in [-0.2, -0.15) is 0 Å². The maximum Gasteiger partial charge on any atom is 0.254 e. The van der Waals surface area contributed by atoms with Crippen molar-refractivity contribution in [3.05, 3.63) is 24.3 Å². The summed E-state index contributed by atoms with van der Waals surface area (Å²) >= 11 is 0. The van der Waals surface area contributed by atoms with Gasteiger partial charge in [0.25, 0.3) is 5.91 Å². The highest BCUT2D eigenvalue weighted by atomic mass is 16.5. The Labute approximate surface area is 87.9 Å². The van der Waals surface area contributed by atoms with Gasteiger partial charge < -0.3 is 10.1 Å². The number of hydrogen-bond donors (Lipinski definition) is 1. The number of nitrogens with zero attached hydrogens (tertiary/aromatic N) is 2. The zero-order valence-electron chi connectivity index (χ0n) is 8.56. The molecule has 5 heteroatoms. The van der Waals surface area contributed by atoms with Crippen molar-refractivity contribution in [1.82, 2.24) is 15.3 Å². The average molecular weight is 207 g/mol. The first-order chi connectivity index (χ1) is 7.20. The zero-order valence-corrected chi connectivity index (χ0v) is 8.56. The minimum Gasteiger partial charge on any atom is -0.380 e. The van der Waals surface area contributed by atoms with Crippen molar-refractivity contribution in [2.75, 3.05) is 19.8 Å². The third-order valence-electron chi connectivity index (χ3n) is 2.40. The quantitative estimate of drug-likeness (QED) is 0.771. The highest BCUT2D eigenvalue weighted by Crippen LogP contribution is 2.25. The first-order valence-electron chi connectivity index (χ1n) is 4.81. The molecule has 0 aliphatic carbocycles. The van der Waals surface area contributed by atoms with Gasteiger partial charge in [-0.3, -0.25) is 4.79 Å². The van der Waals surface area contributed by atoms with Gasteiger partial charge in [0.1, 0.15) is 6.33 Å². The van der Waals surface area contributed by atoms with E-state index in [1.54, 1.807) is 0 Å². The summed E-state index contributed by atoms with van der Waals surface area (Å²) in [5.74, 6) is -0.135. The third-order valence-corrected chi connectivity index (χ3v) is 2.40. The molecule has 1 aromatic rings. The van der Waals surface area contributed by atoms with Gasteiger partial charge in [0.2, 0.25) is 0 Å². The second kappa shape index (κ2) is 3.94. The molecule has 0 radical (unpaired) electrons. The zero-order chi connectivity index (χ0) is 10.7. The first kappa shape index (κ1) is 10.0. The van der Waals surface area contributed by atoms with Crippen LogP contribution in [0.15, 0.2) is 18.7 Å². The van der Waals surface area contributed by atoms with E-state index in [-0.39, 0.29) is 11.3 Å². The normalized spacial score (nSPS) is 17.9. The second-order valence-corrected chi connectivity index (χ2v) is 4.11. The number of hydrogen-bond acceptors (Lipinski definition) is 4. The van der Waals surface area contributed by atoms with Crippen LogP contribution in [0.1, 0.15) is 17.3 Å². The van der Waals surface area contributed by atoms with E-state index in [0.29, 0.717) is 25.3 Å². The maximum absolute atomic E-state index is 11.6. The molecule has 2 heterocycles. The van der Waals surface area contributed by atoms with Crippen molar-refractivity contribution in [3.63, 3.8) is 0 Å². The molecule has 0 unspecified atom stereocenters. The van der Waals surface area contributed by atoms with Crippen molar-refractivity contribution in [1.29, 1.82) is 0 Å². The van der Waals surface area contributed by atoms with E-state index in [2.05, 4.69) is 22.2 Å². The fraction of sp³-hybridized carbons (Fsp3) is 0.500. The Balaban J connectivity index is 1.88. The highest BCUT2D eigenvalue weighted by Gasteiger charge is 2.33. The van der Waals surface area contributed by atoms with Crippen LogP contribution in [-0.4, -0.2) is 35.6 Å². The molecule has 2 rings (SSSR count). The molecule has 0 spiro atoms. The van der Waals surface area contributed by atoms with E-state index in [9.17, 15) is 4.79 Å². The minimum atomic E-state index is -0.135. The number of ether oxygens (including phenoxy) is 1. The molecular formula is C10H13N3O2. The topological polar surface area (TPSA) is 64.1 Å². The highest BCUT2D eigenvalue weighted by molar-refractivity contribution is 5.93. The largest absolute Gasteiger partial charge is 0.380 e. The van der Waals surface area contributed by atoms with Crippen molar-refractivity contribution < 1.29 is 9.53 Å². The number of aromatic nitrogens is 2. The summed E-state index contributed by atoms with van der Waals surface area (Å²) < 4.78 is 5.10. The molecule has 1 fully saturated rings. The fourth-order valence-corrected chi connectivity index (χ4v) is 1.36. The van der Waals surface area contributed by atoms with E-state index in [1.807, 2.05) is 0 Å². The average Bonchev–Trinajstić information content (AvgIpc) is 2.24. The predicted molar refractivity (Wildman–Crippen MR) is 53.3 cm³/mol. The lowest BCUT2D eigenvalue weighted by atomic mass is 9.89. The summed E-state index contributed by atoms with van der Waals surface area (Å²) in [6.45, 7) is 4.12. The van der Waals surface area contributed by atoms with Crippen LogP contribution in [0.25, 0.3) is 0 Å². The summed E-state index contributed by atoms with van der Waals surface area (Å²) in [5.41, 5.74) is 0.576. The predicted octanol–water partition coefficient (Wildman–Crippen LogP) is 0.243. The van der Waals surface area contributed by atoms with Crippen LogP contribution in [0.4, 0.5) is 0 Å². The van der Waals surface area contributed by atoms with Gasteiger partial charge in [0, 0.05) is 24.4 Å². The monoisotopic (exact) mass is 207 g/mol. The van der Waals surface area contributed by atoms with E-state index in [1.165, 1.54) is 18.7 Å². The number of carbonyl (C=O) groups is 1. The molecule has 1 amide bonds. The fourth-order valence-electron chi connectivity index (χ4n) is 1.36. The molecule has 80 valence electrons. The van der Waals surface area contributed by atoms with Crippen LogP contribution >= 0.6 is 0 Å². The van der Waals surface area contributed by atoms with Crippen LogP contribution in [-0.2, 0) is 4.74 Å². The number of carbonyl (C=O) groups excluding carboxylic acids is 1. The van der Waals surface area contributed by atoms with Crippen LogP contribution in [0, 0.1) is 5.41 Å². The lowest BCUT2D eigenvalue weighted by Crippen LogP contribution is -2.48. The van der Waals surface area contributed by atoms with Gasteiger partial charge in [-0.05, 0) is 0 Å². The summed E-state index contributed by atoms with van der Waals surface area (Å²) in [6.07, 6.45) is 4.40. The molecule has 5 nitrogen and oxygen atoms in total. The minimum absolute atomic E-state index is 0.0886. The Bertz CT molecular complexity index is 349. The number of amides is 1. The van der Waals surface area contributed by atoms with Crippen LogP contribution in [0.5, 0.6) is 0 Å². The van der Waals surface area contributed by atoms with Gasteiger partial charge in [-0.1, -0.05) is 6.92 Å². The molecule has 15 heavy (non-hydrogen) atoms. The first-order valence-corrected chi connectivity index (χ1v) is 4.81. The lowest BCUT2D eigenvalue weighted by molar-refractivity contribution is -0.0978. The Hall–Kier alpha value is -1.49. The summed E-state index contributed by atoms with van der Waals surface area (Å²) in [4.78, 5) is 19.2. The van der Waals surface area contributed by atoms with Crippen LogP contribution in [0.2, 0.25) is 0 Å². The molecular weight excluding hydrogens is 194 g/mol. The van der Waals surface area contributed by atoms with Crippen LogP contribution < -0.4 is 5.32 Å². The Morgan fingerprint density at radius 1 is 1.53 bits per heavy atom. The molecule has 1 aliphatic rings. The Morgan fingerprint density at radius 3 is 2.73 bits per heavy atom. The Kier molecular flexibility index (Phi) is 2.64. The van der Waals surface area contributed by atoms with Gasteiger partial charge >= 0.3 is 0 Å². The molecule has 0 aromatic carbocycles. The van der Waals surface area contributed by atoms with E-state index < -0.39 is 0 Å². The van der Waals surface area contributed by atoms with E-state index in [0.717, 1.165) is 0 Å². The molecule has 0 atom stereocenters. The molecule has 1 aromatic heterocycles. The van der Waals surface area contributed by atoms with Gasteiger partial charge in [-0.15, -0.1) is 0 Å². The molecule has 0 saturated carbocycles. The third kappa shape index (κ3) is 2.30. The van der Waals surface area contributed by atoms with Gasteiger partial charge in [0.05, 0.1) is 18.8 Å². The lowest BCUT2D eigenvalue weighted by Gasteiger charge is -2.37. The smallest absolute Gasteiger partial charge is 0.254 e. The number of rotatable bonds is 3. The number of nitrogens with one attached hydrogen (secondary N) is 1. The summed E-state index contributed by atoms with van der Waals surface area (Å²) in [5, 5.41) is 2.84. The summed E-state index contributed by atoms with van der Waals surface area (Å²) in [7, 11) is 0. The molecule has 1 aliphatic heterocycles. The van der Waals surface area contributed by atoms with Gasteiger partial charge in [0.15, 0.2) is 0 Å². The summed E-state index contributed by atoms with van der Waals surface area (Å²) in [6, 6.07) is 0. The van der Waals surface area contributed by atoms with Crippen molar-refractivity contribution in [2.24, 2.45) is 5.41 Å². The SMILES string of the molecule is CC1(CNC(=O)c2cncnc2)COC1. The molecule has 1 N–H and O–H groups in total. The second-order valence-electron chi connectivity index (χ2n) is 4.11.